The van der Waals surface area contributed by atoms with Crippen LogP contribution in [0.25, 0.3) is 22.8 Å². The van der Waals surface area contributed by atoms with Gasteiger partial charge in [0.05, 0.1) is 18.7 Å². The topological polar surface area (TPSA) is 151 Å². The van der Waals surface area contributed by atoms with E-state index in [1.165, 1.54) is 12.5 Å². The minimum atomic E-state index is -0.193. The number of anilines is 2. The molecule has 7 rings (SSSR count). The van der Waals surface area contributed by atoms with Crippen molar-refractivity contribution in [1.29, 1.82) is 0 Å². The van der Waals surface area contributed by atoms with Gasteiger partial charge < -0.3 is 33.7 Å². The third kappa shape index (κ3) is 7.18. The number of carbonyl (C=O) groups is 4. The van der Waals surface area contributed by atoms with Crippen molar-refractivity contribution in [3.8, 4) is 22.8 Å². The van der Waals surface area contributed by atoms with Gasteiger partial charge in [0.1, 0.15) is 0 Å². The molecule has 0 bridgehead atoms. The van der Waals surface area contributed by atoms with E-state index in [0.29, 0.717) is 36.1 Å². The Morgan fingerprint density at radius 3 is 1.63 bits per heavy atom. The number of rotatable bonds is 10. The van der Waals surface area contributed by atoms with Crippen LogP contribution in [0.15, 0.2) is 105 Å². The van der Waals surface area contributed by atoms with Crippen molar-refractivity contribution < 1.29 is 32.4 Å². The third-order valence-electron chi connectivity index (χ3n) is 8.96. The summed E-state index contributed by atoms with van der Waals surface area (Å²) >= 11 is 0. The fraction of sp³-hybridized carbons (Fsp3) is 0.270. The van der Waals surface area contributed by atoms with Crippen molar-refractivity contribution in [3.63, 3.8) is 0 Å². The molecule has 2 saturated heterocycles. The Hall–Kier alpha value is -5.91. The zero-order valence-corrected chi connectivity index (χ0v) is 26.7. The second-order valence-electron chi connectivity index (χ2n) is 12.2. The molecule has 2 aromatic carbocycles. The molecule has 2 aliphatic rings. The highest BCUT2D eigenvalue weighted by atomic mass is 16.4. The van der Waals surface area contributed by atoms with Crippen LogP contribution in [-0.2, 0) is 9.59 Å². The summed E-state index contributed by atoms with van der Waals surface area (Å²) in [4.78, 5) is 59.0. The van der Waals surface area contributed by atoms with Crippen molar-refractivity contribution >= 4 is 35.0 Å². The summed E-state index contributed by atoms with van der Waals surface area (Å²) in [5.41, 5.74) is 2.80. The highest BCUT2D eigenvalue weighted by molar-refractivity contribution is 5.95. The van der Waals surface area contributed by atoms with Gasteiger partial charge in [-0.05, 0) is 98.5 Å². The molecule has 4 amide bonds. The van der Waals surface area contributed by atoms with E-state index >= 15 is 0 Å². The summed E-state index contributed by atoms with van der Waals surface area (Å²) in [6.45, 7) is 1.20. The minimum Gasteiger partial charge on any atom is -0.459 e. The van der Waals surface area contributed by atoms with Gasteiger partial charge in [0.2, 0.25) is 17.7 Å². The van der Waals surface area contributed by atoms with E-state index in [-0.39, 0.29) is 60.1 Å². The Morgan fingerprint density at radius 2 is 1.16 bits per heavy atom. The van der Waals surface area contributed by atoms with Crippen LogP contribution in [0.3, 0.4) is 0 Å². The van der Waals surface area contributed by atoms with Crippen molar-refractivity contribution in [2.45, 2.75) is 50.6 Å². The number of nitrogens with one attached hydrogen (secondary N) is 2. The Kier molecular flexibility index (Phi) is 9.09. The number of carbonyl (C=O) groups excluding carboxylic acids is 4. The molecule has 12 nitrogen and oxygen atoms in total. The molecule has 0 unspecified atom stereocenters. The van der Waals surface area contributed by atoms with Crippen LogP contribution in [0.2, 0.25) is 0 Å². The number of likely N-dealkylation sites (tertiary alicyclic amines) is 2. The Bertz CT molecular complexity index is 1780. The molecule has 2 aliphatic heterocycles. The summed E-state index contributed by atoms with van der Waals surface area (Å²) < 4.78 is 16.5. The average molecular weight is 662 g/mol. The summed E-state index contributed by atoms with van der Waals surface area (Å²) in [5, 5.41) is 5.85. The van der Waals surface area contributed by atoms with Crippen LogP contribution in [0.5, 0.6) is 0 Å². The second-order valence-corrected chi connectivity index (χ2v) is 12.2. The largest absolute Gasteiger partial charge is 0.459 e. The lowest BCUT2D eigenvalue weighted by molar-refractivity contribution is -0.117. The molecule has 3 aromatic heterocycles. The standard InChI is InChI=1S/C37H35N5O7/c43-33(21-28-5-1-17-41(28)36(45)30-7-3-19-47-30)39-26-13-9-24(10-14-26)32-23-38-35(49-32)25-11-15-27(16-12-25)40-34(44)22-29-6-2-18-42(29)37(46)31-8-4-20-48-31/h3-4,7-16,19-20,23,28-29H,1-2,5-6,17-18,21-22H2,(H,39,43)(H,40,44)/t28-,29-/m0/s1. The van der Waals surface area contributed by atoms with Crippen LogP contribution in [0.1, 0.15) is 59.6 Å². The third-order valence-corrected chi connectivity index (χ3v) is 8.96. The first-order chi connectivity index (χ1) is 23.9. The van der Waals surface area contributed by atoms with E-state index in [1.54, 1.807) is 64.5 Å². The molecular formula is C37H35N5O7. The number of benzene rings is 2. The number of amides is 4. The normalized spacial score (nSPS) is 17.3. The monoisotopic (exact) mass is 661 g/mol. The van der Waals surface area contributed by atoms with Crippen molar-refractivity contribution in [1.82, 2.24) is 14.8 Å². The molecule has 49 heavy (non-hydrogen) atoms. The van der Waals surface area contributed by atoms with Crippen LogP contribution in [0, 0.1) is 0 Å². The average Bonchev–Trinajstić information content (AvgIpc) is 3.95. The molecule has 0 aliphatic carbocycles. The lowest BCUT2D eigenvalue weighted by atomic mass is 10.1. The van der Waals surface area contributed by atoms with Gasteiger partial charge in [-0.25, -0.2) is 4.98 Å². The Labute approximate surface area is 282 Å². The molecule has 12 heteroatoms. The number of furan rings is 2. The molecule has 5 heterocycles. The number of nitrogens with zero attached hydrogens (tertiary/aromatic N) is 3. The second kappa shape index (κ2) is 14.1. The van der Waals surface area contributed by atoms with Crippen LogP contribution >= 0.6 is 0 Å². The lowest BCUT2D eigenvalue weighted by Gasteiger charge is -2.23. The molecule has 5 aromatic rings. The number of oxazole rings is 1. The first-order valence-electron chi connectivity index (χ1n) is 16.4. The zero-order valence-electron chi connectivity index (χ0n) is 26.7. The predicted molar refractivity (Wildman–Crippen MR) is 179 cm³/mol. The predicted octanol–water partition coefficient (Wildman–Crippen LogP) is 6.46. The maximum atomic E-state index is 12.8. The molecule has 0 radical (unpaired) electrons. The lowest BCUT2D eigenvalue weighted by Crippen LogP contribution is -2.37. The van der Waals surface area contributed by atoms with E-state index in [1.807, 2.05) is 24.3 Å². The first kappa shape index (κ1) is 31.7. The minimum absolute atomic E-state index is 0.167. The van der Waals surface area contributed by atoms with E-state index in [2.05, 4.69) is 15.6 Å². The Balaban J connectivity index is 0.908. The van der Waals surface area contributed by atoms with Gasteiger partial charge in [0.15, 0.2) is 17.3 Å². The van der Waals surface area contributed by atoms with Gasteiger partial charge in [-0.2, -0.15) is 0 Å². The van der Waals surface area contributed by atoms with E-state index in [4.69, 9.17) is 13.3 Å². The maximum absolute atomic E-state index is 12.8. The number of hydrogen-bond acceptors (Lipinski definition) is 8. The van der Waals surface area contributed by atoms with Crippen molar-refractivity contribution in [2.24, 2.45) is 0 Å². The highest BCUT2D eigenvalue weighted by Crippen LogP contribution is 2.29. The van der Waals surface area contributed by atoms with Crippen LogP contribution in [-0.4, -0.2) is 63.6 Å². The zero-order chi connectivity index (χ0) is 33.7. The molecule has 2 fully saturated rings. The van der Waals surface area contributed by atoms with Gasteiger partial charge >= 0.3 is 0 Å². The van der Waals surface area contributed by atoms with Gasteiger partial charge in [-0.15, -0.1) is 0 Å². The quantitative estimate of drug-likeness (QED) is 0.173. The highest BCUT2D eigenvalue weighted by Gasteiger charge is 2.33. The Morgan fingerprint density at radius 1 is 0.673 bits per heavy atom. The summed E-state index contributed by atoms with van der Waals surface area (Å²) in [6.07, 6.45) is 8.20. The summed E-state index contributed by atoms with van der Waals surface area (Å²) in [6, 6.07) is 20.8. The van der Waals surface area contributed by atoms with Crippen LogP contribution in [0.4, 0.5) is 11.4 Å². The number of hydrogen-bond donors (Lipinski definition) is 2. The smallest absolute Gasteiger partial charge is 0.289 e. The SMILES string of the molecule is O=C(C[C@@H]1CCCN1C(=O)c1ccco1)Nc1ccc(-c2cnc(-c3ccc(NC(=O)C[C@@H]4CCCN4C(=O)c4ccco4)cc3)o2)cc1. The summed E-state index contributed by atoms with van der Waals surface area (Å²) in [7, 11) is 0. The maximum Gasteiger partial charge on any atom is 0.289 e. The van der Waals surface area contributed by atoms with Gasteiger partial charge in [0, 0.05) is 60.5 Å². The molecule has 0 spiro atoms. The van der Waals surface area contributed by atoms with E-state index in [9.17, 15) is 19.2 Å². The summed E-state index contributed by atoms with van der Waals surface area (Å²) in [5.74, 6) is 0.827. The van der Waals surface area contributed by atoms with E-state index < -0.39 is 0 Å². The van der Waals surface area contributed by atoms with Gasteiger partial charge in [-0.3, -0.25) is 19.2 Å². The van der Waals surface area contributed by atoms with Crippen LogP contribution < -0.4 is 10.6 Å². The molecule has 0 saturated carbocycles. The molecule has 250 valence electrons. The van der Waals surface area contributed by atoms with E-state index in [0.717, 1.165) is 36.8 Å². The van der Waals surface area contributed by atoms with Gasteiger partial charge in [0.25, 0.3) is 11.8 Å². The van der Waals surface area contributed by atoms with Crippen molar-refractivity contribution in [3.05, 3.63) is 103 Å². The number of aromatic nitrogens is 1. The fourth-order valence-electron chi connectivity index (χ4n) is 6.52. The van der Waals surface area contributed by atoms with Crippen molar-refractivity contribution in [2.75, 3.05) is 23.7 Å². The first-order valence-corrected chi connectivity index (χ1v) is 16.4. The van der Waals surface area contributed by atoms with Gasteiger partial charge in [-0.1, -0.05) is 0 Å². The molecule has 2 N–H and O–H groups in total. The fourth-order valence-corrected chi connectivity index (χ4v) is 6.52. The molecular weight excluding hydrogens is 626 g/mol. The molecule has 2 atom stereocenters.